The highest BCUT2D eigenvalue weighted by Crippen LogP contribution is 2.32. The summed E-state index contributed by atoms with van der Waals surface area (Å²) in [7, 11) is 2.02. The first-order valence-electron chi connectivity index (χ1n) is 6.22. The van der Waals surface area contributed by atoms with E-state index in [2.05, 4.69) is 48.8 Å². The van der Waals surface area contributed by atoms with E-state index in [1.807, 2.05) is 18.4 Å². The standard InChI is InChI=1S/C15H21NS/c1-15(2,8-9-16-3)10-12-11-17-14-7-5-4-6-13(12)14/h4-7,11,16H,8-10H2,1-3H3. The summed E-state index contributed by atoms with van der Waals surface area (Å²) < 4.78 is 1.41. The summed E-state index contributed by atoms with van der Waals surface area (Å²) in [6.07, 6.45) is 2.38. The molecule has 0 bridgehead atoms. The van der Waals surface area contributed by atoms with Crippen LogP contribution in [0.4, 0.5) is 0 Å². The fourth-order valence-electron chi connectivity index (χ4n) is 2.24. The number of fused-ring (bicyclic) bond motifs is 1. The molecule has 0 fully saturated rings. The van der Waals surface area contributed by atoms with E-state index in [9.17, 15) is 0 Å². The topological polar surface area (TPSA) is 12.0 Å². The van der Waals surface area contributed by atoms with Crippen LogP contribution in [0.3, 0.4) is 0 Å². The Labute approximate surface area is 108 Å². The van der Waals surface area contributed by atoms with Crippen molar-refractivity contribution in [3.05, 3.63) is 35.2 Å². The molecule has 0 saturated carbocycles. The third-order valence-corrected chi connectivity index (χ3v) is 4.29. The van der Waals surface area contributed by atoms with Gasteiger partial charge in [-0.1, -0.05) is 32.0 Å². The van der Waals surface area contributed by atoms with Crippen molar-refractivity contribution in [3.8, 4) is 0 Å². The van der Waals surface area contributed by atoms with Crippen LogP contribution >= 0.6 is 11.3 Å². The van der Waals surface area contributed by atoms with Crippen molar-refractivity contribution in [3.63, 3.8) is 0 Å². The van der Waals surface area contributed by atoms with Gasteiger partial charge in [0.05, 0.1) is 0 Å². The summed E-state index contributed by atoms with van der Waals surface area (Å²) in [6.45, 7) is 5.81. The van der Waals surface area contributed by atoms with Crippen LogP contribution in [0, 0.1) is 5.41 Å². The summed E-state index contributed by atoms with van der Waals surface area (Å²) in [6, 6.07) is 8.72. The summed E-state index contributed by atoms with van der Waals surface area (Å²) in [5, 5.41) is 7.01. The van der Waals surface area contributed by atoms with Crippen molar-refractivity contribution in [2.75, 3.05) is 13.6 Å². The largest absolute Gasteiger partial charge is 0.320 e. The van der Waals surface area contributed by atoms with Crippen LogP contribution in [0.5, 0.6) is 0 Å². The maximum atomic E-state index is 3.24. The second kappa shape index (κ2) is 5.19. The van der Waals surface area contributed by atoms with Gasteiger partial charge < -0.3 is 5.32 Å². The van der Waals surface area contributed by atoms with E-state index < -0.39 is 0 Å². The normalized spacial score (nSPS) is 12.2. The van der Waals surface area contributed by atoms with Gasteiger partial charge in [0, 0.05) is 4.70 Å². The Hall–Kier alpha value is -0.860. The summed E-state index contributed by atoms with van der Waals surface area (Å²) in [4.78, 5) is 0. The van der Waals surface area contributed by atoms with E-state index in [4.69, 9.17) is 0 Å². The van der Waals surface area contributed by atoms with Gasteiger partial charge in [-0.05, 0) is 54.2 Å². The molecule has 1 heterocycles. The molecule has 1 aromatic heterocycles. The highest BCUT2D eigenvalue weighted by atomic mass is 32.1. The van der Waals surface area contributed by atoms with Crippen LogP contribution in [0.15, 0.2) is 29.6 Å². The Morgan fingerprint density at radius 1 is 1.24 bits per heavy atom. The molecule has 2 heteroatoms. The van der Waals surface area contributed by atoms with Crippen molar-refractivity contribution >= 4 is 21.4 Å². The van der Waals surface area contributed by atoms with Crippen LogP contribution in [0.2, 0.25) is 0 Å². The molecule has 0 radical (unpaired) electrons. The van der Waals surface area contributed by atoms with E-state index in [1.165, 1.54) is 28.5 Å². The predicted octanol–water partition coefficient (Wildman–Crippen LogP) is 4.08. The second-order valence-corrected chi connectivity index (χ2v) is 6.36. The SMILES string of the molecule is CNCCC(C)(C)Cc1csc2ccccc12. The quantitative estimate of drug-likeness (QED) is 0.839. The first-order valence-corrected chi connectivity index (χ1v) is 7.10. The predicted molar refractivity (Wildman–Crippen MR) is 77.9 cm³/mol. The minimum atomic E-state index is 0.368. The van der Waals surface area contributed by atoms with E-state index in [0.29, 0.717) is 5.41 Å². The molecule has 2 rings (SSSR count). The van der Waals surface area contributed by atoms with Gasteiger partial charge in [0.15, 0.2) is 0 Å². The second-order valence-electron chi connectivity index (χ2n) is 5.45. The monoisotopic (exact) mass is 247 g/mol. The molecule has 1 N–H and O–H groups in total. The van der Waals surface area contributed by atoms with Crippen molar-refractivity contribution in [1.29, 1.82) is 0 Å². The summed E-state index contributed by atoms with van der Waals surface area (Å²) in [5.74, 6) is 0. The lowest BCUT2D eigenvalue weighted by molar-refractivity contribution is 0.331. The molecule has 17 heavy (non-hydrogen) atoms. The average molecular weight is 247 g/mol. The molecular formula is C15H21NS. The summed E-state index contributed by atoms with van der Waals surface area (Å²) in [5.41, 5.74) is 1.87. The maximum Gasteiger partial charge on any atom is 0.0345 e. The molecule has 1 nitrogen and oxygen atoms in total. The minimum absolute atomic E-state index is 0.368. The minimum Gasteiger partial charge on any atom is -0.320 e. The molecule has 0 aliphatic rings. The molecule has 2 aromatic rings. The number of hydrogen-bond donors (Lipinski definition) is 1. The molecule has 0 unspecified atom stereocenters. The Balaban J connectivity index is 2.18. The van der Waals surface area contributed by atoms with E-state index in [1.54, 1.807) is 0 Å². The van der Waals surface area contributed by atoms with Crippen LogP contribution in [0.25, 0.3) is 10.1 Å². The van der Waals surface area contributed by atoms with Crippen molar-refractivity contribution in [2.24, 2.45) is 5.41 Å². The molecule has 1 aromatic carbocycles. The van der Waals surface area contributed by atoms with Crippen LogP contribution in [0.1, 0.15) is 25.8 Å². The Morgan fingerprint density at radius 2 is 2.00 bits per heavy atom. The molecular weight excluding hydrogens is 226 g/mol. The van der Waals surface area contributed by atoms with Crippen molar-refractivity contribution in [2.45, 2.75) is 26.7 Å². The molecule has 0 saturated heterocycles. The van der Waals surface area contributed by atoms with Crippen LogP contribution < -0.4 is 5.32 Å². The fraction of sp³-hybridized carbons (Fsp3) is 0.467. The Bertz CT molecular complexity index is 484. The average Bonchev–Trinajstić information content (AvgIpc) is 2.70. The number of thiophene rings is 1. The summed E-state index contributed by atoms with van der Waals surface area (Å²) >= 11 is 1.86. The van der Waals surface area contributed by atoms with Crippen molar-refractivity contribution in [1.82, 2.24) is 5.32 Å². The van der Waals surface area contributed by atoms with Gasteiger partial charge in [-0.25, -0.2) is 0 Å². The Kier molecular flexibility index (Phi) is 3.85. The number of rotatable bonds is 5. The zero-order valence-electron chi connectivity index (χ0n) is 10.9. The molecule has 0 atom stereocenters. The first-order chi connectivity index (χ1) is 8.12. The fourth-order valence-corrected chi connectivity index (χ4v) is 3.20. The zero-order valence-corrected chi connectivity index (χ0v) is 11.7. The molecule has 0 spiro atoms. The Morgan fingerprint density at radius 3 is 2.76 bits per heavy atom. The van der Waals surface area contributed by atoms with E-state index >= 15 is 0 Å². The van der Waals surface area contributed by atoms with Gasteiger partial charge in [-0.3, -0.25) is 0 Å². The lowest BCUT2D eigenvalue weighted by Gasteiger charge is -2.24. The van der Waals surface area contributed by atoms with Crippen molar-refractivity contribution < 1.29 is 0 Å². The maximum absolute atomic E-state index is 3.24. The van der Waals surface area contributed by atoms with Gasteiger partial charge in [-0.2, -0.15) is 0 Å². The molecule has 92 valence electrons. The third-order valence-electron chi connectivity index (χ3n) is 3.28. The smallest absolute Gasteiger partial charge is 0.0345 e. The van der Waals surface area contributed by atoms with Gasteiger partial charge >= 0.3 is 0 Å². The number of nitrogens with one attached hydrogen (secondary N) is 1. The number of hydrogen-bond acceptors (Lipinski definition) is 2. The lowest BCUT2D eigenvalue weighted by atomic mass is 9.82. The third kappa shape index (κ3) is 3.08. The van der Waals surface area contributed by atoms with E-state index in [-0.39, 0.29) is 0 Å². The van der Waals surface area contributed by atoms with Gasteiger partial charge in [-0.15, -0.1) is 11.3 Å². The zero-order chi connectivity index (χ0) is 12.3. The molecule has 0 aliphatic carbocycles. The highest BCUT2D eigenvalue weighted by Gasteiger charge is 2.19. The highest BCUT2D eigenvalue weighted by molar-refractivity contribution is 7.17. The van der Waals surface area contributed by atoms with Crippen LogP contribution in [-0.4, -0.2) is 13.6 Å². The van der Waals surface area contributed by atoms with Crippen LogP contribution in [-0.2, 0) is 6.42 Å². The van der Waals surface area contributed by atoms with Gasteiger partial charge in [0.25, 0.3) is 0 Å². The number of benzene rings is 1. The van der Waals surface area contributed by atoms with E-state index in [0.717, 1.165) is 6.54 Å². The van der Waals surface area contributed by atoms with Gasteiger partial charge in [0.2, 0.25) is 0 Å². The lowest BCUT2D eigenvalue weighted by Crippen LogP contribution is -2.21. The molecule has 0 amide bonds. The first kappa shape index (κ1) is 12.6. The molecule has 0 aliphatic heterocycles. The van der Waals surface area contributed by atoms with Gasteiger partial charge in [0.1, 0.15) is 0 Å².